The van der Waals surface area contributed by atoms with Crippen LogP contribution in [0.2, 0.25) is 0 Å². The average molecular weight is 1170 g/mol. The number of rotatable bonds is 29. The summed E-state index contributed by atoms with van der Waals surface area (Å²) >= 11 is 0. The Morgan fingerprint density at radius 3 is 2.37 bits per heavy atom. The number of esters is 1. The van der Waals surface area contributed by atoms with Crippen LogP contribution < -0.4 is 16.4 Å². The van der Waals surface area contributed by atoms with Gasteiger partial charge < -0.3 is 89.5 Å². The van der Waals surface area contributed by atoms with E-state index in [2.05, 4.69) is 25.5 Å². The first-order chi connectivity index (χ1) is 40.1. The number of nitrogens with one attached hydrogen (secondary N) is 2. The predicted molar refractivity (Wildman–Crippen MR) is 296 cm³/mol. The molecule has 4 heterocycles. The number of carboxylic acids is 1. The number of aliphatic hydroxyl groups excluding tert-OH is 5. The van der Waals surface area contributed by atoms with E-state index in [-0.39, 0.29) is 55.7 Å². The average Bonchev–Trinajstić information content (AvgIpc) is 4.18. The number of carboxylic acid groups (broad SMARTS) is 1. The minimum absolute atomic E-state index is 0.0277. The molecule has 2 aliphatic carbocycles. The summed E-state index contributed by atoms with van der Waals surface area (Å²) in [6.07, 6.45) is -8.23. The van der Waals surface area contributed by atoms with Crippen molar-refractivity contribution in [3.05, 3.63) is 78.2 Å². The molecule has 458 valence electrons. The number of hydrogen-bond donors (Lipinski definition) is 9. The van der Waals surface area contributed by atoms with Crippen molar-refractivity contribution in [2.45, 2.75) is 177 Å². The second-order valence-corrected chi connectivity index (χ2v) is 22.2. The van der Waals surface area contributed by atoms with Gasteiger partial charge in [-0.25, -0.2) is 9.59 Å². The van der Waals surface area contributed by atoms with Crippen molar-refractivity contribution < 1.29 is 87.7 Å². The standard InChI is InChI=1S/C58H83N7O18/c1-34-27-39(54(72)60-20-9-15-41-31-65(63-62-41)22-10-21-64-23-18-38-29-40(16-17-42(38)64)61-46(67)33-77-26-25-76-24-19-59)30-43(51(34)83-57-50(71)49(70)47(68)35(2)78-57)80-58-53(82-56(75)37-13-7-4-8-14-37)52(48(69)45(32-66)81-58)79-44(55(73)74)28-36-11-5-3-6-12-36/h4,7-8,13-14,16-18,23,29,31,34-36,39,43-45,47-53,57-58,66,68-71H,3,5-6,9-12,15,19-22,24-28,30,32-33,59H2,1-2H3,(H,60,72)(H,61,67)(H,73,74)/t34-,35-,39+,43+,44-,45+,47+,48-,49+,50-,51+,52-,53+,57-,58+/m0/s1. The van der Waals surface area contributed by atoms with Crippen LogP contribution in [0.25, 0.3) is 10.9 Å². The van der Waals surface area contributed by atoms with Crippen molar-refractivity contribution in [1.82, 2.24) is 24.9 Å². The Labute approximate surface area is 482 Å². The number of ether oxygens (including phenoxy) is 8. The number of carbonyl (C=O) groups excluding carboxylic acids is 3. The Kier molecular flexibility index (Phi) is 23.7. The Hall–Kier alpha value is -5.52. The number of nitrogens with two attached hydrogens (primary N) is 1. The normalized spacial score (nSPS) is 29.1. The van der Waals surface area contributed by atoms with Crippen molar-refractivity contribution in [1.29, 1.82) is 0 Å². The molecule has 83 heavy (non-hydrogen) atoms. The number of amides is 2. The van der Waals surface area contributed by atoms with Crippen LogP contribution >= 0.6 is 0 Å². The number of aryl methyl sites for hydroxylation is 3. The predicted octanol–water partition coefficient (Wildman–Crippen LogP) is 2.06. The molecule has 8 rings (SSSR count). The third-order valence-electron chi connectivity index (χ3n) is 16.0. The number of aliphatic hydroxyl groups is 5. The number of fused-ring (bicyclic) bond motifs is 1. The zero-order valence-electron chi connectivity index (χ0n) is 47.2. The van der Waals surface area contributed by atoms with Crippen LogP contribution in [0, 0.1) is 17.8 Å². The van der Waals surface area contributed by atoms with Crippen molar-refractivity contribution in [3.63, 3.8) is 0 Å². The third-order valence-corrected chi connectivity index (χ3v) is 16.0. The van der Waals surface area contributed by atoms with Gasteiger partial charge in [0, 0.05) is 61.1 Å². The summed E-state index contributed by atoms with van der Waals surface area (Å²) < 4.78 is 52.1. The maximum Gasteiger partial charge on any atom is 0.338 e. The van der Waals surface area contributed by atoms with Crippen LogP contribution in [0.5, 0.6) is 0 Å². The van der Waals surface area contributed by atoms with Crippen molar-refractivity contribution in [2.75, 3.05) is 51.4 Å². The minimum Gasteiger partial charge on any atom is -0.479 e. The lowest BCUT2D eigenvalue weighted by atomic mass is 9.77. The van der Waals surface area contributed by atoms with E-state index in [9.17, 15) is 49.8 Å². The fourth-order valence-corrected chi connectivity index (χ4v) is 11.5. The molecular weight excluding hydrogens is 1080 g/mol. The molecule has 0 bridgehead atoms. The molecule has 25 nitrogen and oxygen atoms in total. The lowest BCUT2D eigenvalue weighted by Gasteiger charge is -2.48. The summed E-state index contributed by atoms with van der Waals surface area (Å²) in [5.74, 6) is -3.91. The van der Waals surface area contributed by atoms with Gasteiger partial charge in [-0.1, -0.05) is 62.4 Å². The highest BCUT2D eigenvalue weighted by Crippen LogP contribution is 2.39. The topological polar surface area (TPSA) is 349 Å². The van der Waals surface area contributed by atoms with Gasteiger partial charge in [-0.15, -0.1) is 5.10 Å². The molecule has 2 amide bonds. The monoisotopic (exact) mass is 1170 g/mol. The first kappa shape index (κ1) is 63.5. The molecule has 2 saturated carbocycles. The van der Waals surface area contributed by atoms with E-state index in [0.29, 0.717) is 58.0 Å². The molecule has 0 unspecified atom stereocenters. The summed E-state index contributed by atoms with van der Waals surface area (Å²) in [4.78, 5) is 53.3. The summed E-state index contributed by atoms with van der Waals surface area (Å²) in [5, 5.41) is 80.7. The Morgan fingerprint density at radius 2 is 1.61 bits per heavy atom. The molecule has 0 radical (unpaired) electrons. The van der Waals surface area contributed by atoms with Crippen LogP contribution in [0.15, 0.2) is 67.0 Å². The molecule has 10 N–H and O–H groups in total. The van der Waals surface area contributed by atoms with E-state index in [1.807, 2.05) is 36.7 Å². The van der Waals surface area contributed by atoms with Gasteiger partial charge in [-0.3, -0.25) is 14.3 Å². The molecule has 2 aromatic carbocycles. The SMILES string of the molecule is C[C@@H]1O[C@@H](O[C@@H]2[C@@H](C)C[C@@H](C(=O)NCCCc3cn(CCCn4ccc5cc(NC(=O)COCCOCCN)ccc54)nn3)C[C@H]2O[C@@H]2O[C@H](CO)[C@H](O)[C@H](O[C@@H](CC3CCCCC3)C(=O)O)[C@H]2OC(=O)c2ccccc2)[C@@H](O)[C@H](O)[C@@H]1O. The van der Waals surface area contributed by atoms with Gasteiger partial charge in [0.15, 0.2) is 24.8 Å². The Balaban J connectivity index is 0.899. The molecular formula is C58H83N7O18. The number of hydrogen-bond acceptors (Lipinski definition) is 20. The van der Waals surface area contributed by atoms with Crippen molar-refractivity contribution in [2.24, 2.45) is 23.5 Å². The van der Waals surface area contributed by atoms with E-state index < -0.39 is 110 Å². The van der Waals surface area contributed by atoms with Gasteiger partial charge in [0.25, 0.3) is 0 Å². The number of anilines is 1. The van der Waals surface area contributed by atoms with E-state index in [0.717, 1.165) is 55.1 Å². The van der Waals surface area contributed by atoms with E-state index in [1.54, 1.807) is 29.8 Å². The van der Waals surface area contributed by atoms with Crippen molar-refractivity contribution in [3.8, 4) is 0 Å². The number of benzene rings is 2. The van der Waals surface area contributed by atoms with Gasteiger partial charge >= 0.3 is 11.9 Å². The highest BCUT2D eigenvalue weighted by Gasteiger charge is 2.54. The lowest BCUT2D eigenvalue weighted by Crippen LogP contribution is -2.64. The maximum absolute atomic E-state index is 14.2. The quantitative estimate of drug-likeness (QED) is 0.0277. The molecule has 4 fully saturated rings. The van der Waals surface area contributed by atoms with Gasteiger partial charge in [0.05, 0.1) is 56.0 Å². The fraction of sp³-hybridized carbons (Fsp3) is 0.655. The summed E-state index contributed by atoms with van der Waals surface area (Å²) in [6.45, 7) is 5.59. The summed E-state index contributed by atoms with van der Waals surface area (Å²) in [6, 6.07) is 15.7. The van der Waals surface area contributed by atoms with Crippen LogP contribution in [0.4, 0.5) is 5.69 Å². The smallest absolute Gasteiger partial charge is 0.338 e. The first-order valence-electron chi connectivity index (χ1n) is 29.1. The number of carbonyl (C=O) groups is 4. The van der Waals surface area contributed by atoms with Gasteiger partial charge in [0.1, 0.15) is 43.2 Å². The first-order valence-corrected chi connectivity index (χ1v) is 29.1. The lowest BCUT2D eigenvalue weighted by molar-refractivity contribution is -0.349. The van der Waals surface area contributed by atoms with E-state index in [4.69, 9.17) is 43.6 Å². The molecule has 25 heteroatoms. The second kappa shape index (κ2) is 31.0. The molecule has 2 aromatic heterocycles. The van der Waals surface area contributed by atoms with Gasteiger partial charge in [-0.05, 0) is 93.7 Å². The van der Waals surface area contributed by atoms with Gasteiger partial charge in [0.2, 0.25) is 11.8 Å². The highest BCUT2D eigenvalue weighted by atomic mass is 16.7. The van der Waals surface area contributed by atoms with Crippen LogP contribution in [0.3, 0.4) is 0 Å². The highest BCUT2D eigenvalue weighted by molar-refractivity contribution is 5.94. The van der Waals surface area contributed by atoms with Crippen molar-refractivity contribution >= 4 is 40.3 Å². The molecule has 15 atom stereocenters. The molecule has 4 aliphatic rings. The summed E-state index contributed by atoms with van der Waals surface area (Å²) in [5.41, 5.74) is 7.96. The van der Waals surface area contributed by atoms with Gasteiger partial charge in [-0.2, -0.15) is 0 Å². The number of aromatic nitrogens is 4. The molecule has 4 aromatic rings. The largest absolute Gasteiger partial charge is 0.479 e. The second-order valence-electron chi connectivity index (χ2n) is 22.2. The zero-order valence-corrected chi connectivity index (χ0v) is 47.2. The zero-order chi connectivity index (χ0) is 59.0. The minimum atomic E-state index is -1.70. The number of aliphatic carboxylic acids is 1. The van der Waals surface area contributed by atoms with E-state index in [1.165, 1.54) is 19.1 Å². The Bertz CT molecular complexity index is 2670. The van der Waals surface area contributed by atoms with Crippen LogP contribution in [0.1, 0.15) is 94.1 Å². The molecule has 2 saturated heterocycles. The van der Waals surface area contributed by atoms with E-state index >= 15 is 0 Å². The maximum atomic E-state index is 14.2. The molecule has 0 spiro atoms. The third kappa shape index (κ3) is 17.3. The van der Waals surface area contributed by atoms with Crippen LogP contribution in [-0.2, 0) is 71.8 Å². The fourth-order valence-electron chi connectivity index (χ4n) is 11.5. The number of nitrogens with zero attached hydrogens (tertiary/aromatic N) is 4. The summed E-state index contributed by atoms with van der Waals surface area (Å²) in [7, 11) is 0. The van der Waals surface area contributed by atoms with Crippen LogP contribution in [-0.4, -0.2) is 200 Å². The molecule has 2 aliphatic heterocycles. The Morgan fingerprint density at radius 1 is 0.831 bits per heavy atom.